The van der Waals surface area contributed by atoms with Gasteiger partial charge in [-0.3, -0.25) is 0 Å². The Morgan fingerprint density at radius 3 is 2.52 bits per heavy atom. The second-order valence-corrected chi connectivity index (χ2v) is 8.47. The maximum absolute atomic E-state index is 13.2. The van der Waals surface area contributed by atoms with E-state index in [1.165, 1.54) is 0 Å². The number of nitrogens with zero attached hydrogens (tertiary/aromatic N) is 1. The minimum atomic E-state index is -1.24. The van der Waals surface area contributed by atoms with E-state index in [0.29, 0.717) is 33.0 Å². The van der Waals surface area contributed by atoms with Gasteiger partial charge in [0.1, 0.15) is 16.7 Å². The summed E-state index contributed by atoms with van der Waals surface area (Å²) in [6.45, 7) is 5.02. The van der Waals surface area contributed by atoms with Crippen molar-refractivity contribution in [3.05, 3.63) is 60.2 Å². The van der Waals surface area contributed by atoms with Crippen LogP contribution in [-0.2, 0) is 27.1 Å². The van der Waals surface area contributed by atoms with E-state index < -0.39 is 11.0 Å². The molecule has 1 spiro atoms. The van der Waals surface area contributed by atoms with Crippen LogP contribution in [0.25, 0.3) is 0 Å². The lowest BCUT2D eigenvalue weighted by molar-refractivity contribution is -0.0982. The summed E-state index contributed by atoms with van der Waals surface area (Å²) < 4.78 is 32.4. The van der Waals surface area contributed by atoms with Crippen molar-refractivity contribution in [3.63, 3.8) is 0 Å². The average Bonchev–Trinajstić information content (AvgIpc) is 3.08. The highest BCUT2D eigenvalue weighted by Crippen LogP contribution is 2.40. The van der Waals surface area contributed by atoms with Gasteiger partial charge >= 0.3 is 0 Å². The molecule has 1 unspecified atom stereocenters. The van der Waals surface area contributed by atoms with Gasteiger partial charge in [0.05, 0.1) is 43.0 Å². The Bertz CT molecular complexity index is 777. The summed E-state index contributed by atoms with van der Waals surface area (Å²) in [6, 6.07) is 17.7. The van der Waals surface area contributed by atoms with Crippen LogP contribution in [0.15, 0.2) is 59.5 Å². The summed E-state index contributed by atoms with van der Waals surface area (Å²) in [5, 5.41) is 0. The first kappa shape index (κ1) is 18.6. The van der Waals surface area contributed by atoms with Gasteiger partial charge in [-0.15, -0.1) is 0 Å². The summed E-state index contributed by atoms with van der Waals surface area (Å²) in [4.78, 5) is 0.786. The van der Waals surface area contributed by atoms with Crippen LogP contribution >= 0.6 is 0 Å². The quantitative estimate of drug-likeness (QED) is 0.732. The van der Waals surface area contributed by atoms with Gasteiger partial charge in [-0.2, -0.15) is 0 Å². The second-order valence-electron chi connectivity index (χ2n) is 7.05. The first-order chi connectivity index (χ1) is 13.2. The Labute approximate surface area is 162 Å². The molecular formula is C21H25NO4S. The summed E-state index contributed by atoms with van der Waals surface area (Å²) >= 11 is 0. The van der Waals surface area contributed by atoms with Crippen molar-refractivity contribution in [2.24, 2.45) is 0 Å². The van der Waals surface area contributed by atoms with Gasteiger partial charge in [0, 0.05) is 6.54 Å². The fraction of sp³-hybridized carbons (Fsp3) is 0.429. The van der Waals surface area contributed by atoms with Crippen LogP contribution in [0.3, 0.4) is 0 Å². The highest BCUT2D eigenvalue weighted by atomic mass is 32.2. The Morgan fingerprint density at radius 2 is 1.89 bits per heavy atom. The number of hydrogen-bond donors (Lipinski definition) is 0. The van der Waals surface area contributed by atoms with E-state index in [1.54, 1.807) is 0 Å². The monoisotopic (exact) mass is 387 g/mol. The number of ether oxygens (including phenoxy) is 3. The molecule has 0 bridgehead atoms. The third kappa shape index (κ3) is 3.94. The van der Waals surface area contributed by atoms with Gasteiger partial charge in [0.15, 0.2) is 0 Å². The van der Waals surface area contributed by atoms with Crippen molar-refractivity contribution < 1.29 is 18.4 Å². The topological polar surface area (TPSA) is 48.0 Å². The number of hydrogen-bond acceptors (Lipinski definition) is 4. The molecule has 144 valence electrons. The fourth-order valence-corrected chi connectivity index (χ4v) is 5.11. The third-order valence-corrected chi connectivity index (χ3v) is 6.72. The van der Waals surface area contributed by atoms with Crippen molar-refractivity contribution in [2.75, 3.05) is 26.4 Å². The summed E-state index contributed by atoms with van der Waals surface area (Å²) in [5.74, 6) is 0.797. The van der Waals surface area contributed by atoms with E-state index in [1.807, 2.05) is 49.4 Å². The molecular weight excluding hydrogens is 362 g/mol. The van der Waals surface area contributed by atoms with Crippen LogP contribution in [0.5, 0.6) is 5.75 Å². The van der Waals surface area contributed by atoms with Crippen LogP contribution in [0, 0.1) is 0 Å². The molecule has 6 heteroatoms. The van der Waals surface area contributed by atoms with Crippen LogP contribution in [0.2, 0.25) is 0 Å². The SMILES string of the molecule is CCOc1ccc(S(=O)N2C[C@@H](OCc3ccccc3)CC23COC3)cc1. The molecule has 0 N–H and O–H groups in total. The van der Waals surface area contributed by atoms with E-state index in [4.69, 9.17) is 14.2 Å². The molecule has 2 aromatic carbocycles. The Kier molecular flexibility index (Phi) is 5.59. The van der Waals surface area contributed by atoms with E-state index >= 15 is 0 Å². The highest BCUT2D eigenvalue weighted by Gasteiger charge is 2.54. The van der Waals surface area contributed by atoms with E-state index in [2.05, 4.69) is 16.4 Å². The normalized spacial score (nSPS) is 22.5. The van der Waals surface area contributed by atoms with Crippen LogP contribution < -0.4 is 4.74 Å². The van der Waals surface area contributed by atoms with Gasteiger partial charge in [-0.05, 0) is 43.2 Å². The Morgan fingerprint density at radius 1 is 1.15 bits per heavy atom. The summed E-state index contributed by atoms with van der Waals surface area (Å²) in [6.07, 6.45) is 0.906. The Hall–Kier alpha value is -1.73. The average molecular weight is 388 g/mol. The minimum Gasteiger partial charge on any atom is -0.494 e. The lowest BCUT2D eigenvalue weighted by atomic mass is 9.95. The molecule has 2 heterocycles. The second kappa shape index (κ2) is 8.10. The predicted molar refractivity (Wildman–Crippen MR) is 104 cm³/mol. The van der Waals surface area contributed by atoms with Gasteiger partial charge in [-0.1, -0.05) is 30.3 Å². The molecule has 2 atom stereocenters. The molecule has 27 heavy (non-hydrogen) atoms. The molecule has 2 aliphatic heterocycles. The zero-order chi connectivity index (χ0) is 18.7. The van der Waals surface area contributed by atoms with Crippen molar-refractivity contribution in [1.29, 1.82) is 0 Å². The largest absolute Gasteiger partial charge is 0.494 e. The standard InChI is InChI=1S/C21H25NO4S/c1-2-25-18-8-10-20(11-9-18)27(23)22-13-19(12-21(22)15-24-16-21)26-14-17-6-4-3-5-7-17/h3-11,19H,2,12-16H2,1H3/t19-,27?/m0/s1. The number of benzene rings is 2. The van der Waals surface area contributed by atoms with Gasteiger partial charge in [-0.25, -0.2) is 8.51 Å². The van der Waals surface area contributed by atoms with Gasteiger partial charge < -0.3 is 14.2 Å². The van der Waals surface area contributed by atoms with E-state index in [0.717, 1.165) is 22.6 Å². The molecule has 5 nitrogen and oxygen atoms in total. The highest BCUT2D eigenvalue weighted by molar-refractivity contribution is 7.82. The third-order valence-electron chi connectivity index (χ3n) is 5.11. The molecule has 0 radical (unpaired) electrons. The smallest absolute Gasteiger partial charge is 0.128 e. The van der Waals surface area contributed by atoms with Crippen molar-refractivity contribution in [3.8, 4) is 5.75 Å². The molecule has 0 amide bonds. The molecule has 4 rings (SSSR count). The first-order valence-corrected chi connectivity index (χ1v) is 10.5. The maximum Gasteiger partial charge on any atom is 0.128 e. The van der Waals surface area contributed by atoms with Crippen molar-refractivity contribution in [2.45, 2.75) is 36.5 Å². The molecule has 2 fully saturated rings. The summed E-state index contributed by atoms with van der Waals surface area (Å²) in [7, 11) is -1.24. The molecule has 0 aliphatic carbocycles. The zero-order valence-corrected chi connectivity index (χ0v) is 16.3. The van der Waals surface area contributed by atoms with Crippen molar-refractivity contribution >= 4 is 11.0 Å². The zero-order valence-electron chi connectivity index (χ0n) is 15.5. The van der Waals surface area contributed by atoms with Crippen LogP contribution in [0.1, 0.15) is 18.9 Å². The fourth-order valence-electron chi connectivity index (χ4n) is 3.66. The first-order valence-electron chi connectivity index (χ1n) is 9.36. The van der Waals surface area contributed by atoms with E-state index in [-0.39, 0.29) is 11.6 Å². The molecule has 0 saturated carbocycles. The van der Waals surface area contributed by atoms with Gasteiger partial charge in [0.25, 0.3) is 0 Å². The lowest BCUT2D eigenvalue weighted by Gasteiger charge is -2.43. The van der Waals surface area contributed by atoms with Crippen LogP contribution in [0.4, 0.5) is 0 Å². The summed E-state index contributed by atoms with van der Waals surface area (Å²) in [5.41, 5.74) is 0.979. The van der Waals surface area contributed by atoms with Crippen molar-refractivity contribution in [1.82, 2.24) is 4.31 Å². The van der Waals surface area contributed by atoms with Crippen LogP contribution in [-0.4, -0.2) is 46.5 Å². The minimum absolute atomic E-state index is 0.0563. The molecule has 0 aromatic heterocycles. The van der Waals surface area contributed by atoms with Gasteiger partial charge in [0.2, 0.25) is 0 Å². The predicted octanol–water partition coefficient (Wildman–Crippen LogP) is 3.17. The Balaban J connectivity index is 1.44. The lowest BCUT2D eigenvalue weighted by Crippen LogP contribution is -2.59. The molecule has 2 saturated heterocycles. The van der Waals surface area contributed by atoms with E-state index in [9.17, 15) is 4.21 Å². The number of rotatable bonds is 7. The molecule has 2 aromatic rings. The molecule has 2 aliphatic rings. The maximum atomic E-state index is 13.2.